The Labute approximate surface area is 135 Å². The summed E-state index contributed by atoms with van der Waals surface area (Å²) < 4.78 is 3.28. The zero-order valence-electron chi connectivity index (χ0n) is 13.9. The summed E-state index contributed by atoms with van der Waals surface area (Å²) in [5.74, 6) is 0.508. The third-order valence-electron chi connectivity index (χ3n) is 3.50. The minimum atomic E-state index is -0.161. The van der Waals surface area contributed by atoms with E-state index in [1.54, 1.807) is 9.36 Å². The quantitative estimate of drug-likeness (QED) is 0.944. The maximum absolute atomic E-state index is 12.2. The minimum absolute atomic E-state index is 0.0655. The highest BCUT2D eigenvalue weighted by Gasteiger charge is 2.20. The van der Waals surface area contributed by atoms with Crippen molar-refractivity contribution in [3.8, 4) is 0 Å². The van der Waals surface area contributed by atoms with E-state index < -0.39 is 0 Å². The number of hydrogen-bond acceptors (Lipinski definition) is 3. The first-order valence-corrected chi connectivity index (χ1v) is 7.51. The van der Waals surface area contributed by atoms with Crippen LogP contribution in [0.5, 0.6) is 0 Å². The SMILES string of the molecule is Cc1nn(CC(=O)Nc2cc(C(C)(C)C)nn2C)c(C)c1Cl. The highest BCUT2D eigenvalue weighted by Crippen LogP contribution is 2.23. The molecule has 0 atom stereocenters. The van der Waals surface area contributed by atoms with E-state index >= 15 is 0 Å². The molecular weight excluding hydrogens is 302 g/mol. The van der Waals surface area contributed by atoms with Crippen molar-refractivity contribution in [3.63, 3.8) is 0 Å². The summed E-state index contributed by atoms with van der Waals surface area (Å²) in [4.78, 5) is 12.2. The lowest BCUT2D eigenvalue weighted by Crippen LogP contribution is -2.21. The predicted molar refractivity (Wildman–Crippen MR) is 87.2 cm³/mol. The van der Waals surface area contributed by atoms with Crippen molar-refractivity contribution < 1.29 is 4.79 Å². The molecule has 1 amide bonds. The Balaban J connectivity index is 2.12. The van der Waals surface area contributed by atoms with Gasteiger partial charge in [0, 0.05) is 18.5 Å². The zero-order chi connectivity index (χ0) is 16.7. The highest BCUT2D eigenvalue weighted by atomic mass is 35.5. The van der Waals surface area contributed by atoms with Crippen molar-refractivity contribution >= 4 is 23.3 Å². The number of nitrogens with zero attached hydrogens (tertiary/aromatic N) is 4. The Kier molecular flexibility index (Phi) is 4.33. The van der Waals surface area contributed by atoms with Gasteiger partial charge in [-0.15, -0.1) is 0 Å². The van der Waals surface area contributed by atoms with Gasteiger partial charge in [-0.2, -0.15) is 10.2 Å². The van der Waals surface area contributed by atoms with E-state index in [1.165, 1.54) is 0 Å². The fraction of sp³-hybridized carbons (Fsp3) is 0.533. The van der Waals surface area contributed by atoms with Crippen molar-refractivity contribution in [2.75, 3.05) is 5.32 Å². The lowest BCUT2D eigenvalue weighted by Gasteiger charge is -2.13. The summed E-state index contributed by atoms with van der Waals surface area (Å²) in [5.41, 5.74) is 2.38. The number of rotatable bonds is 3. The molecular formula is C15H22ClN5O. The standard InChI is InChI=1S/C15H22ClN5O/c1-9-14(16)10(2)21(18-9)8-13(22)17-12-7-11(15(3,4)5)19-20(12)6/h7H,8H2,1-6H3,(H,17,22). The number of carbonyl (C=O) groups excluding carboxylic acids is 1. The van der Waals surface area contributed by atoms with Crippen LogP contribution in [0.4, 0.5) is 5.82 Å². The van der Waals surface area contributed by atoms with E-state index in [1.807, 2.05) is 27.0 Å². The van der Waals surface area contributed by atoms with E-state index in [0.29, 0.717) is 10.8 Å². The van der Waals surface area contributed by atoms with E-state index in [9.17, 15) is 4.79 Å². The van der Waals surface area contributed by atoms with Gasteiger partial charge < -0.3 is 5.32 Å². The molecule has 2 heterocycles. The number of halogens is 1. The number of aryl methyl sites for hydroxylation is 2. The zero-order valence-corrected chi connectivity index (χ0v) is 14.6. The molecule has 0 saturated carbocycles. The van der Waals surface area contributed by atoms with Crippen molar-refractivity contribution in [2.24, 2.45) is 7.05 Å². The van der Waals surface area contributed by atoms with Crippen LogP contribution in [0.15, 0.2) is 6.07 Å². The van der Waals surface area contributed by atoms with Crippen LogP contribution in [0.1, 0.15) is 37.9 Å². The summed E-state index contributed by atoms with van der Waals surface area (Å²) >= 11 is 6.09. The minimum Gasteiger partial charge on any atom is -0.309 e. The number of nitrogens with one attached hydrogen (secondary N) is 1. The third-order valence-corrected chi connectivity index (χ3v) is 4.05. The molecule has 22 heavy (non-hydrogen) atoms. The molecule has 2 rings (SSSR count). The van der Waals surface area contributed by atoms with Gasteiger partial charge in [-0.05, 0) is 13.8 Å². The van der Waals surface area contributed by atoms with Gasteiger partial charge in [-0.25, -0.2) is 0 Å². The van der Waals surface area contributed by atoms with Gasteiger partial charge in [0.2, 0.25) is 5.91 Å². The van der Waals surface area contributed by atoms with Gasteiger partial charge in [0.1, 0.15) is 12.4 Å². The Morgan fingerprint density at radius 2 is 1.95 bits per heavy atom. The molecule has 0 bridgehead atoms. The second-order valence-corrected chi connectivity index (χ2v) is 6.86. The smallest absolute Gasteiger partial charge is 0.247 e. The van der Waals surface area contributed by atoms with E-state index in [2.05, 4.69) is 36.3 Å². The molecule has 2 aromatic rings. The van der Waals surface area contributed by atoms with Crippen molar-refractivity contribution in [3.05, 3.63) is 28.2 Å². The average molecular weight is 324 g/mol. The molecule has 0 fully saturated rings. The molecule has 0 aromatic carbocycles. The average Bonchev–Trinajstić information content (AvgIpc) is 2.86. The van der Waals surface area contributed by atoms with Crippen LogP contribution in [0, 0.1) is 13.8 Å². The summed E-state index contributed by atoms with van der Waals surface area (Å²) in [6.45, 7) is 10.0. The first-order valence-electron chi connectivity index (χ1n) is 7.13. The molecule has 2 aromatic heterocycles. The van der Waals surface area contributed by atoms with Crippen LogP contribution in [0.3, 0.4) is 0 Å². The van der Waals surface area contributed by atoms with E-state index in [-0.39, 0.29) is 17.9 Å². The molecule has 0 aliphatic rings. The lowest BCUT2D eigenvalue weighted by atomic mass is 9.92. The highest BCUT2D eigenvalue weighted by molar-refractivity contribution is 6.31. The van der Waals surface area contributed by atoms with Gasteiger partial charge in [-0.3, -0.25) is 14.2 Å². The van der Waals surface area contributed by atoms with Gasteiger partial charge >= 0.3 is 0 Å². The van der Waals surface area contributed by atoms with Crippen LogP contribution in [-0.2, 0) is 23.8 Å². The van der Waals surface area contributed by atoms with Crippen LogP contribution in [0.2, 0.25) is 5.02 Å². The van der Waals surface area contributed by atoms with Gasteiger partial charge in [-0.1, -0.05) is 32.4 Å². The van der Waals surface area contributed by atoms with Crippen LogP contribution in [-0.4, -0.2) is 25.5 Å². The molecule has 6 nitrogen and oxygen atoms in total. The summed E-state index contributed by atoms with van der Waals surface area (Å²) in [7, 11) is 1.81. The Bertz CT molecular complexity index is 708. The molecule has 1 N–H and O–H groups in total. The molecule has 120 valence electrons. The Hall–Kier alpha value is -1.82. The predicted octanol–water partition coefficient (Wildman–Crippen LogP) is 2.82. The van der Waals surface area contributed by atoms with Gasteiger partial charge in [0.15, 0.2) is 0 Å². The van der Waals surface area contributed by atoms with Gasteiger partial charge in [0.05, 0.1) is 22.1 Å². The maximum Gasteiger partial charge on any atom is 0.247 e. The molecule has 7 heteroatoms. The Morgan fingerprint density at radius 3 is 2.41 bits per heavy atom. The number of aromatic nitrogens is 4. The number of amides is 1. The van der Waals surface area contributed by atoms with Crippen LogP contribution < -0.4 is 5.32 Å². The van der Waals surface area contributed by atoms with Crippen molar-refractivity contribution in [1.29, 1.82) is 0 Å². The van der Waals surface area contributed by atoms with Gasteiger partial charge in [0.25, 0.3) is 0 Å². The Morgan fingerprint density at radius 1 is 1.32 bits per heavy atom. The first kappa shape index (κ1) is 16.5. The van der Waals surface area contributed by atoms with Crippen molar-refractivity contribution in [2.45, 2.75) is 46.6 Å². The second kappa shape index (κ2) is 5.76. The summed E-state index contributed by atoms with van der Waals surface area (Å²) in [6, 6.07) is 1.89. The number of hydrogen-bond donors (Lipinski definition) is 1. The molecule has 0 aliphatic heterocycles. The van der Waals surface area contributed by atoms with Crippen molar-refractivity contribution in [1.82, 2.24) is 19.6 Å². The summed E-state index contributed by atoms with van der Waals surface area (Å²) in [6.07, 6.45) is 0. The fourth-order valence-corrected chi connectivity index (χ4v) is 2.23. The number of carbonyl (C=O) groups is 1. The first-order chi connectivity index (χ1) is 10.1. The largest absolute Gasteiger partial charge is 0.309 e. The monoisotopic (exact) mass is 323 g/mol. The molecule has 0 unspecified atom stereocenters. The van der Waals surface area contributed by atoms with Crippen LogP contribution in [0.25, 0.3) is 0 Å². The van der Waals surface area contributed by atoms with E-state index in [0.717, 1.165) is 17.1 Å². The molecule has 0 radical (unpaired) electrons. The van der Waals surface area contributed by atoms with E-state index in [4.69, 9.17) is 11.6 Å². The number of anilines is 1. The molecule has 0 spiro atoms. The normalized spacial score (nSPS) is 11.8. The molecule has 0 aliphatic carbocycles. The van der Waals surface area contributed by atoms with Crippen LogP contribution >= 0.6 is 11.6 Å². The third kappa shape index (κ3) is 3.32. The molecule has 0 saturated heterocycles. The lowest BCUT2D eigenvalue weighted by molar-refractivity contribution is -0.117. The topological polar surface area (TPSA) is 64.7 Å². The second-order valence-electron chi connectivity index (χ2n) is 6.48. The fourth-order valence-electron chi connectivity index (χ4n) is 2.10. The summed E-state index contributed by atoms with van der Waals surface area (Å²) in [5, 5.41) is 12.2. The maximum atomic E-state index is 12.2.